The number of hydrogen-bond donors (Lipinski definition) is 0. The molecule has 26 heavy (non-hydrogen) atoms. The molecule has 0 N–H and O–H groups in total. The van der Waals surface area contributed by atoms with Gasteiger partial charge in [-0.25, -0.2) is 0 Å². The fraction of sp³-hybridized carbons (Fsp3) is 0.636. The van der Waals surface area contributed by atoms with Crippen molar-refractivity contribution in [3.05, 3.63) is 35.9 Å². The van der Waals surface area contributed by atoms with Crippen LogP contribution in [-0.4, -0.2) is 35.5 Å². The Morgan fingerprint density at radius 3 is 2.54 bits per heavy atom. The van der Waals surface area contributed by atoms with Gasteiger partial charge in [-0.05, 0) is 50.0 Å². The number of esters is 1. The van der Waals surface area contributed by atoms with Crippen LogP contribution in [0.1, 0.15) is 70.3 Å². The van der Waals surface area contributed by atoms with Crippen LogP contribution in [0.2, 0.25) is 0 Å². The zero-order valence-electron chi connectivity index (χ0n) is 16.1. The summed E-state index contributed by atoms with van der Waals surface area (Å²) in [5, 5.41) is 0. The second kappa shape index (κ2) is 8.24. The lowest BCUT2D eigenvalue weighted by Gasteiger charge is -2.44. The molecule has 0 unspecified atom stereocenters. The smallest absolute Gasteiger partial charge is 0.308 e. The third-order valence-corrected chi connectivity index (χ3v) is 6.11. The Labute approximate surface area is 156 Å². The lowest BCUT2D eigenvalue weighted by atomic mass is 9.73. The lowest BCUT2D eigenvalue weighted by Crippen LogP contribution is -2.48. The summed E-state index contributed by atoms with van der Waals surface area (Å²) in [6.45, 7) is 4.79. The first-order chi connectivity index (χ1) is 12.5. The number of amides is 1. The Balaban J connectivity index is 1.54. The van der Waals surface area contributed by atoms with Crippen molar-refractivity contribution < 1.29 is 14.3 Å². The summed E-state index contributed by atoms with van der Waals surface area (Å²) >= 11 is 0. The van der Waals surface area contributed by atoms with Crippen molar-refractivity contribution in [2.75, 3.05) is 13.2 Å². The molecule has 0 radical (unpaired) electrons. The van der Waals surface area contributed by atoms with Crippen LogP contribution >= 0.6 is 0 Å². The van der Waals surface area contributed by atoms with Gasteiger partial charge in [-0.2, -0.15) is 0 Å². The van der Waals surface area contributed by atoms with Gasteiger partial charge in [0.25, 0.3) is 0 Å². The highest BCUT2D eigenvalue weighted by Crippen LogP contribution is 2.46. The van der Waals surface area contributed by atoms with Crippen molar-refractivity contribution in [2.24, 2.45) is 5.92 Å². The Hall–Kier alpha value is -1.84. The predicted octanol–water partition coefficient (Wildman–Crippen LogP) is 4.29. The van der Waals surface area contributed by atoms with Crippen LogP contribution in [0.3, 0.4) is 0 Å². The predicted molar refractivity (Wildman–Crippen MR) is 102 cm³/mol. The van der Waals surface area contributed by atoms with Gasteiger partial charge in [0.05, 0.1) is 12.5 Å². The quantitative estimate of drug-likeness (QED) is 0.563. The fourth-order valence-electron chi connectivity index (χ4n) is 4.53. The highest BCUT2D eigenvalue weighted by Gasteiger charge is 2.46. The van der Waals surface area contributed by atoms with Gasteiger partial charge in [-0.15, -0.1) is 0 Å². The molecule has 2 aliphatic rings. The maximum atomic E-state index is 12.5. The van der Waals surface area contributed by atoms with E-state index in [0.29, 0.717) is 25.5 Å². The molecule has 1 amide bonds. The van der Waals surface area contributed by atoms with E-state index in [2.05, 4.69) is 35.2 Å². The van der Waals surface area contributed by atoms with E-state index in [4.69, 9.17) is 4.74 Å². The van der Waals surface area contributed by atoms with Crippen LogP contribution in [0.4, 0.5) is 0 Å². The molecule has 3 rings (SSSR count). The second-order valence-electron chi connectivity index (χ2n) is 8.13. The molecule has 142 valence electrons. The summed E-state index contributed by atoms with van der Waals surface area (Å²) in [5.41, 5.74) is 1.48. The van der Waals surface area contributed by atoms with Crippen LogP contribution in [0, 0.1) is 5.92 Å². The largest absolute Gasteiger partial charge is 0.465 e. The SMILES string of the molecule is CC(C)C(=O)OCCCN1C(=O)CCC12CCC(c1ccccc1)CC2. The Morgan fingerprint density at radius 1 is 1.19 bits per heavy atom. The van der Waals surface area contributed by atoms with Gasteiger partial charge in [0.1, 0.15) is 0 Å². The van der Waals surface area contributed by atoms with Crippen molar-refractivity contribution >= 4 is 11.9 Å². The van der Waals surface area contributed by atoms with Crippen molar-refractivity contribution in [1.29, 1.82) is 0 Å². The van der Waals surface area contributed by atoms with Gasteiger partial charge in [-0.3, -0.25) is 9.59 Å². The van der Waals surface area contributed by atoms with E-state index >= 15 is 0 Å². The molecule has 0 bridgehead atoms. The second-order valence-corrected chi connectivity index (χ2v) is 8.13. The Morgan fingerprint density at radius 2 is 1.88 bits per heavy atom. The molecule has 1 spiro atoms. The molecule has 1 aromatic rings. The van der Waals surface area contributed by atoms with E-state index < -0.39 is 0 Å². The minimum Gasteiger partial charge on any atom is -0.465 e. The summed E-state index contributed by atoms with van der Waals surface area (Å²) in [5.74, 6) is 0.642. The minimum absolute atomic E-state index is 0.0461. The summed E-state index contributed by atoms with van der Waals surface area (Å²) in [4.78, 5) is 26.1. The first kappa shape index (κ1) is 18.9. The molecule has 1 saturated carbocycles. The van der Waals surface area contributed by atoms with Crippen molar-refractivity contribution in [1.82, 2.24) is 4.90 Å². The van der Waals surface area contributed by atoms with Gasteiger partial charge in [0.2, 0.25) is 5.91 Å². The fourth-order valence-corrected chi connectivity index (χ4v) is 4.53. The monoisotopic (exact) mass is 357 g/mol. The maximum Gasteiger partial charge on any atom is 0.308 e. The zero-order valence-corrected chi connectivity index (χ0v) is 16.1. The van der Waals surface area contributed by atoms with Crippen molar-refractivity contribution in [3.63, 3.8) is 0 Å². The number of ether oxygens (including phenoxy) is 1. The third-order valence-electron chi connectivity index (χ3n) is 6.11. The van der Waals surface area contributed by atoms with E-state index in [-0.39, 0.29) is 23.3 Å². The van der Waals surface area contributed by atoms with E-state index in [1.807, 2.05) is 13.8 Å². The van der Waals surface area contributed by atoms with Crippen LogP contribution in [0.15, 0.2) is 30.3 Å². The molecule has 1 aliphatic carbocycles. The highest BCUT2D eigenvalue weighted by molar-refractivity contribution is 5.79. The molecule has 1 aliphatic heterocycles. The number of rotatable bonds is 6. The molecule has 2 fully saturated rings. The standard InChI is InChI=1S/C22H31NO3/c1-17(2)21(25)26-16-6-15-23-20(24)11-14-22(23)12-9-19(10-13-22)18-7-4-3-5-8-18/h3-5,7-8,17,19H,6,9-16H2,1-2H3. The lowest BCUT2D eigenvalue weighted by molar-refractivity contribution is -0.147. The molecule has 4 heteroatoms. The van der Waals surface area contributed by atoms with E-state index in [1.54, 1.807) is 0 Å². The highest BCUT2D eigenvalue weighted by atomic mass is 16.5. The van der Waals surface area contributed by atoms with E-state index in [1.165, 1.54) is 5.56 Å². The number of carbonyl (C=O) groups is 2. The molecule has 1 saturated heterocycles. The maximum absolute atomic E-state index is 12.5. The number of benzene rings is 1. The number of likely N-dealkylation sites (tertiary alicyclic amines) is 1. The van der Waals surface area contributed by atoms with Gasteiger partial charge in [-0.1, -0.05) is 44.2 Å². The molecule has 1 aromatic carbocycles. The summed E-state index contributed by atoms with van der Waals surface area (Å²) < 4.78 is 5.27. The third kappa shape index (κ3) is 4.11. The van der Waals surface area contributed by atoms with Crippen LogP contribution in [-0.2, 0) is 14.3 Å². The van der Waals surface area contributed by atoms with Gasteiger partial charge < -0.3 is 9.64 Å². The Kier molecular flexibility index (Phi) is 6.00. The average Bonchev–Trinajstić information content (AvgIpc) is 2.95. The van der Waals surface area contributed by atoms with Crippen LogP contribution < -0.4 is 0 Å². The Bertz CT molecular complexity index is 618. The molecule has 4 nitrogen and oxygen atoms in total. The molecule has 1 heterocycles. The first-order valence-corrected chi connectivity index (χ1v) is 10.0. The van der Waals surface area contributed by atoms with Crippen molar-refractivity contribution in [2.45, 2.75) is 70.3 Å². The van der Waals surface area contributed by atoms with Crippen LogP contribution in [0.5, 0.6) is 0 Å². The number of hydrogen-bond acceptors (Lipinski definition) is 3. The van der Waals surface area contributed by atoms with Crippen molar-refractivity contribution in [3.8, 4) is 0 Å². The van der Waals surface area contributed by atoms with Gasteiger partial charge in [0, 0.05) is 18.5 Å². The first-order valence-electron chi connectivity index (χ1n) is 10.0. The van der Waals surface area contributed by atoms with Gasteiger partial charge in [0.15, 0.2) is 0 Å². The van der Waals surface area contributed by atoms with E-state index in [0.717, 1.165) is 38.5 Å². The summed E-state index contributed by atoms with van der Waals surface area (Å²) in [6.07, 6.45) is 6.86. The average molecular weight is 357 g/mol. The zero-order chi connectivity index (χ0) is 18.6. The molecule has 0 atom stereocenters. The molecular weight excluding hydrogens is 326 g/mol. The van der Waals surface area contributed by atoms with Gasteiger partial charge >= 0.3 is 5.97 Å². The summed E-state index contributed by atoms with van der Waals surface area (Å²) in [6, 6.07) is 10.7. The molecular formula is C22H31NO3. The van der Waals surface area contributed by atoms with E-state index in [9.17, 15) is 9.59 Å². The number of nitrogens with zero attached hydrogens (tertiary/aromatic N) is 1. The summed E-state index contributed by atoms with van der Waals surface area (Å²) in [7, 11) is 0. The topological polar surface area (TPSA) is 46.6 Å². The number of carbonyl (C=O) groups excluding carboxylic acids is 2. The molecule has 0 aromatic heterocycles. The van der Waals surface area contributed by atoms with Crippen LogP contribution in [0.25, 0.3) is 0 Å². The minimum atomic E-state index is -0.157. The normalized spacial score (nSPS) is 25.9.